The number of nitrogens with two attached hydrogens (primary N) is 1. The zero-order valence-electron chi connectivity index (χ0n) is 24.4. The van der Waals surface area contributed by atoms with Gasteiger partial charge in [-0.15, -0.1) is 11.8 Å². The van der Waals surface area contributed by atoms with Gasteiger partial charge in [0.05, 0.1) is 44.1 Å². The normalized spacial score (nSPS) is 13.1. The molecule has 0 fully saturated rings. The van der Waals surface area contributed by atoms with Crippen LogP contribution in [0.2, 0.25) is 0 Å². The van der Waals surface area contributed by atoms with E-state index in [-0.39, 0.29) is 74.3 Å². The van der Waals surface area contributed by atoms with Crippen LogP contribution >= 0.6 is 11.8 Å². The Morgan fingerprint density at radius 2 is 1.47 bits per heavy atom. The fraction of sp³-hybridized carbons (Fsp3) is 0.281. The molecule has 222 valence electrons. The number of thioether (sulfide) groups is 1. The van der Waals surface area contributed by atoms with Crippen LogP contribution in [0.15, 0.2) is 26.1 Å². The molecule has 0 bridgehead atoms. The molecule has 0 saturated carbocycles. The Bertz CT molecular complexity index is 2190. The van der Waals surface area contributed by atoms with Gasteiger partial charge in [-0.1, -0.05) is 5.57 Å². The van der Waals surface area contributed by atoms with Crippen molar-refractivity contribution in [1.29, 1.82) is 0 Å². The predicted molar refractivity (Wildman–Crippen MR) is 168 cm³/mol. The third-order valence-electron chi connectivity index (χ3n) is 8.25. The highest BCUT2D eigenvalue weighted by molar-refractivity contribution is 7.99. The number of Topliss-reactive ketones (excluding diaryl/α,β-unsaturated/α-hetero) is 1. The van der Waals surface area contributed by atoms with Crippen LogP contribution in [0.1, 0.15) is 25.0 Å². The molecule has 0 aliphatic heterocycles. The Labute approximate surface area is 249 Å². The van der Waals surface area contributed by atoms with E-state index in [1.807, 2.05) is 0 Å². The third kappa shape index (κ3) is 3.55. The fourth-order valence-corrected chi connectivity index (χ4v) is 7.67. The van der Waals surface area contributed by atoms with Crippen LogP contribution in [-0.4, -0.2) is 56.7 Å². The van der Waals surface area contributed by atoms with Crippen molar-refractivity contribution in [1.82, 2.24) is 0 Å². The summed E-state index contributed by atoms with van der Waals surface area (Å²) in [7, 11) is 5.58. The summed E-state index contributed by atoms with van der Waals surface area (Å²) < 4.78 is 23.2. The van der Waals surface area contributed by atoms with Gasteiger partial charge in [-0.05, 0) is 25.7 Å². The summed E-state index contributed by atoms with van der Waals surface area (Å²) in [6.07, 6.45) is 0.156. The Hall–Kier alpha value is -4.48. The van der Waals surface area contributed by atoms with Crippen molar-refractivity contribution in [3.8, 4) is 34.5 Å². The van der Waals surface area contributed by atoms with E-state index in [0.717, 1.165) is 0 Å². The maximum absolute atomic E-state index is 14.3. The first-order chi connectivity index (χ1) is 20.6. The Morgan fingerprint density at radius 3 is 2.05 bits per heavy atom. The zero-order valence-corrected chi connectivity index (χ0v) is 25.3. The lowest BCUT2D eigenvalue weighted by Crippen LogP contribution is -2.13. The maximum atomic E-state index is 14.3. The molecular weight excluding hydrogens is 574 g/mol. The molecule has 10 nitrogen and oxygen atoms in total. The standard InChI is InChI=1S/C32H29NO9S/c1-11-9-13-17-20-18(26(36)29(13)40-4)14(35)10-15(39-3)19(20)24-22-21(17)23(16(11)12(2)34)30(41-5)27(37)25(22)28(38)32(31(24)42-6)43-8-7-33/h10,36-37H,7-9,33H2,1-6H3. The number of phenols is 2. The summed E-state index contributed by atoms with van der Waals surface area (Å²) >= 11 is 1.17. The molecular formula is C32H29NO9S. The lowest BCUT2D eigenvalue weighted by molar-refractivity contribution is -0.111. The average Bonchev–Trinajstić information content (AvgIpc) is 3.10. The van der Waals surface area contributed by atoms with Crippen molar-refractivity contribution in [2.24, 2.45) is 5.73 Å². The number of ether oxygens (including phenoxy) is 4. The molecule has 1 aliphatic carbocycles. The Morgan fingerprint density at radius 1 is 0.837 bits per heavy atom. The summed E-state index contributed by atoms with van der Waals surface area (Å²) in [5.74, 6) is -0.326. The molecule has 0 atom stereocenters. The van der Waals surface area contributed by atoms with Gasteiger partial charge in [-0.3, -0.25) is 14.4 Å². The smallest absolute Gasteiger partial charge is 0.207 e. The second-order valence-corrected chi connectivity index (χ2v) is 11.5. The largest absolute Gasteiger partial charge is 0.504 e. The van der Waals surface area contributed by atoms with E-state index in [1.54, 1.807) is 6.92 Å². The SMILES string of the molecule is COc1c(O)c2c(=O)cc(OC)c3c4c(OC)c(SCCN)c(=O)c5c(O)c(OC)c6c(c(c1CC(C)=C6C(C)=O)c23)c54. The molecule has 0 radical (unpaired) electrons. The number of benzene rings is 5. The van der Waals surface area contributed by atoms with Gasteiger partial charge in [0, 0.05) is 62.0 Å². The number of hydrogen-bond acceptors (Lipinski definition) is 11. The number of allylic oxidation sites excluding steroid dienone is 2. The quantitative estimate of drug-likeness (QED) is 0.132. The lowest BCUT2D eigenvalue weighted by atomic mass is 9.82. The van der Waals surface area contributed by atoms with E-state index in [4.69, 9.17) is 24.7 Å². The summed E-state index contributed by atoms with van der Waals surface area (Å²) in [6.45, 7) is 3.45. The molecule has 0 heterocycles. The number of phenolic OH excluding ortho intramolecular Hbond substituents is 2. The molecule has 0 amide bonds. The van der Waals surface area contributed by atoms with Gasteiger partial charge in [0.15, 0.2) is 34.2 Å². The van der Waals surface area contributed by atoms with Crippen molar-refractivity contribution in [2.45, 2.75) is 25.2 Å². The van der Waals surface area contributed by atoms with Crippen molar-refractivity contribution >= 4 is 66.2 Å². The fourth-order valence-electron chi connectivity index (χ4n) is 6.80. The molecule has 0 unspecified atom stereocenters. The van der Waals surface area contributed by atoms with Crippen LogP contribution in [0.4, 0.5) is 0 Å². The molecule has 0 spiro atoms. The number of ketones is 1. The molecule has 0 aromatic heterocycles. The van der Waals surface area contributed by atoms with Crippen LogP contribution in [0.25, 0.3) is 48.7 Å². The van der Waals surface area contributed by atoms with E-state index in [0.29, 0.717) is 49.2 Å². The number of aromatic hydroxyl groups is 2. The first kappa shape index (κ1) is 28.6. The molecule has 5 aromatic rings. The van der Waals surface area contributed by atoms with Gasteiger partial charge in [-0.2, -0.15) is 0 Å². The highest BCUT2D eigenvalue weighted by atomic mass is 32.2. The molecule has 6 rings (SSSR count). The average molecular weight is 604 g/mol. The highest BCUT2D eigenvalue weighted by Gasteiger charge is 2.37. The first-order valence-electron chi connectivity index (χ1n) is 13.4. The van der Waals surface area contributed by atoms with Crippen molar-refractivity contribution in [2.75, 3.05) is 40.7 Å². The number of hydrogen-bond donors (Lipinski definition) is 3. The van der Waals surface area contributed by atoms with Gasteiger partial charge in [0.2, 0.25) is 5.43 Å². The van der Waals surface area contributed by atoms with E-state index in [2.05, 4.69) is 0 Å². The summed E-state index contributed by atoms with van der Waals surface area (Å²) in [4.78, 5) is 41.5. The van der Waals surface area contributed by atoms with Crippen LogP contribution in [-0.2, 0) is 11.2 Å². The number of rotatable bonds is 8. The second kappa shape index (κ2) is 10.1. The predicted octanol–water partition coefficient (Wildman–Crippen LogP) is 4.31. The molecule has 0 saturated heterocycles. The molecule has 5 aromatic carbocycles. The van der Waals surface area contributed by atoms with E-state index in [9.17, 15) is 24.6 Å². The summed E-state index contributed by atoms with van der Waals surface area (Å²) in [5.41, 5.74) is 6.45. The lowest BCUT2D eigenvalue weighted by Gasteiger charge is -2.25. The molecule has 1 aliphatic rings. The zero-order chi connectivity index (χ0) is 31.1. The Balaban J connectivity index is 2.18. The topological polar surface area (TPSA) is 155 Å². The Kier molecular flexibility index (Phi) is 6.70. The van der Waals surface area contributed by atoms with Crippen LogP contribution < -0.4 is 35.5 Å². The number of carbonyl (C=O) groups excluding carboxylic acids is 1. The molecule has 11 heteroatoms. The number of methoxy groups -OCH3 is 4. The first-order valence-corrected chi connectivity index (χ1v) is 14.4. The molecule has 4 N–H and O–H groups in total. The third-order valence-corrected chi connectivity index (χ3v) is 9.34. The number of carbonyl (C=O) groups is 1. The second-order valence-electron chi connectivity index (χ2n) is 10.4. The van der Waals surface area contributed by atoms with Crippen LogP contribution in [0.5, 0.6) is 34.5 Å². The van der Waals surface area contributed by atoms with Gasteiger partial charge in [-0.25, -0.2) is 0 Å². The minimum absolute atomic E-state index is 0.0171. The van der Waals surface area contributed by atoms with Gasteiger partial charge >= 0.3 is 0 Å². The van der Waals surface area contributed by atoms with E-state index < -0.39 is 16.6 Å². The minimum Gasteiger partial charge on any atom is -0.504 e. The van der Waals surface area contributed by atoms with E-state index >= 15 is 0 Å². The van der Waals surface area contributed by atoms with Crippen molar-refractivity contribution in [3.05, 3.63) is 43.2 Å². The number of fused-ring (bicyclic) bond motifs is 1. The monoisotopic (exact) mass is 603 g/mol. The summed E-state index contributed by atoms with van der Waals surface area (Å²) in [6, 6.07) is 1.27. The van der Waals surface area contributed by atoms with Crippen LogP contribution in [0, 0.1) is 0 Å². The van der Waals surface area contributed by atoms with Crippen molar-refractivity contribution < 1.29 is 34.0 Å². The van der Waals surface area contributed by atoms with Gasteiger partial charge in [0.1, 0.15) is 11.5 Å². The van der Waals surface area contributed by atoms with Gasteiger partial charge < -0.3 is 34.9 Å². The van der Waals surface area contributed by atoms with Crippen molar-refractivity contribution in [3.63, 3.8) is 0 Å². The van der Waals surface area contributed by atoms with Gasteiger partial charge in [0.25, 0.3) is 0 Å². The van der Waals surface area contributed by atoms with Crippen LogP contribution in [0.3, 0.4) is 0 Å². The highest BCUT2D eigenvalue weighted by Crippen LogP contribution is 2.58. The van der Waals surface area contributed by atoms with E-state index in [1.165, 1.54) is 53.2 Å². The maximum Gasteiger partial charge on any atom is 0.207 e. The minimum atomic E-state index is -0.515. The molecule has 43 heavy (non-hydrogen) atoms. The summed E-state index contributed by atoms with van der Waals surface area (Å²) in [5, 5.41) is 25.6.